The molecule has 1 aromatic heterocycles. The van der Waals surface area contributed by atoms with Crippen molar-refractivity contribution in [2.45, 2.75) is 76.8 Å². The molecule has 0 saturated heterocycles. The van der Waals surface area contributed by atoms with E-state index in [9.17, 15) is 14.4 Å². The van der Waals surface area contributed by atoms with Crippen molar-refractivity contribution in [3.05, 3.63) is 89.1 Å². The Morgan fingerprint density at radius 2 is 1.60 bits per heavy atom. The van der Waals surface area contributed by atoms with E-state index in [1.807, 2.05) is 24.3 Å². The Morgan fingerprint density at radius 1 is 0.925 bits per heavy atom. The Bertz CT molecular complexity index is 1270. The van der Waals surface area contributed by atoms with Crippen molar-refractivity contribution >= 4 is 40.8 Å². The molecule has 1 heterocycles. The molecule has 3 amide bonds. The summed E-state index contributed by atoms with van der Waals surface area (Å²) in [6.07, 6.45) is 6.21. The van der Waals surface area contributed by atoms with Crippen molar-refractivity contribution in [1.82, 2.24) is 10.3 Å². The minimum Gasteiger partial charge on any atom is -0.351 e. The lowest BCUT2D eigenvalue weighted by Gasteiger charge is -2.32. The maximum Gasteiger partial charge on any atom is 0.248 e. The van der Waals surface area contributed by atoms with Crippen LogP contribution in [0.1, 0.15) is 81.9 Å². The van der Waals surface area contributed by atoms with Crippen molar-refractivity contribution in [3.8, 4) is 0 Å². The number of rotatable bonds is 11. The fraction of sp³-hybridized carbons (Fsp3) is 0.375. The molecule has 0 bridgehead atoms. The Hall–Kier alpha value is -3.71. The predicted octanol–water partition coefficient (Wildman–Crippen LogP) is 6.80. The van der Waals surface area contributed by atoms with Gasteiger partial charge in [-0.15, -0.1) is 0 Å². The fourth-order valence-corrected chi connectivity index (χ4v) is 5.16. The summed E-state index contributed by atoms with van der Waals surface area (Å²) in [4.78, 5) is 45.9. The number of hydrogen-bond donors (Lipinski definition) is 2. The fourth-order valence-electron chi connectivity index (χ4n) is 5.03. The normalized spacial score (nSPS) is 14.1. The van der Waals surface area contributed by atoms with Crippen LogP contribution in [0, 0.1) is 0 Å². The first-order valence-corrected chi connectivity index (χ1v) is 14.4. The average molecular weight is 561 g/mol. The number of carbonyl (C=O) groups is 3. The molecule has 1 saturated carbocycles. The number of nitrogens with zero attached hydrogens (tertiary/aromatic N) is 2. The lowest BCUT2D eigenvalue weighted by atomic mass is 9.99. The predicted molar refractivity (Wildman–Crippen MR) is 159 cm³/mol. The van der Waals surface area contributed by atoms with Gasteiger partial charge in [0.25, 0.3) is 0 Å². The third kappa shape index (κ3) is 7.92. The van der Waals surface area contributed by atoms with Gasteiger partial charge in [-0.1, -0.05) is 68.6 Å². The minimum atomic E-state index is -0.877. The van der Waals surface area contributed by atoms with Gasteiger partial charge in [-0.3, -0.25) is 19.3 Å². The maximum atomic E-state index is 13.9. The Kier molecular flexibility index (Phi) is 10.3. The number of anilines is 2. The van der Waals surface area contributed by atoms with Crippen LogP contribution in [0.4, 0.5) is 11.5 Å². The Balaban J connectivity index is 1.59. The van der Waals surface area contributed by atoms with Crippen molar-refractivity contribution in [2.75, 3.05) is 10.2 Å². The van der Waals surface area contributed by atoms with Gasteiger partial charge in [-0.05, 0) is 72.7 Å². The van der Waals surface area contributed by atoms with E-state index in [-0.39, 0.29) is 36.6 Å². The van der Waals surface area contributed by atoms with Crippen molar-refractivity contribution < 1.29 is 14.4 Å². The molecule has 1 aliphatic rings. The number of halogens is 1. The number of aromatic nitrogens is 1. The van der Waals surface area contributed by atoms with Gasteiger partial charge in [-0.25, -0.2) is 4.98 Å². The van der Waals surface area contributed by atoms with E-state index in [1.165, 1.54) is 0 Å². The Labute approximate surface area is 241 Å². The summed E-state index contributed by atoms with van der Waals surface area (Å²) in [5, 5.41) is 6.50. The van der Waals surface area contributed by atoms with Gasteiger partial charge in [0.15, 0.2) is 0 Å². The van der Waals surface area contributed by atoms with Crippen LogP contribution < -0.4 is 15.5 Å². The first-order valence-electron chi connectivity index (χ1n) is 14.0. The third-order valence-electron chi connectivity index (χ3n) is 7.23. The molecule has 40 heavy (non-hydrogen) atoms. The van der Waals surface area contributed by atoms with Crippen LogP contribution >= 0.6 is 11.6 Å². The molecule has 8 heteroatoms. The first kappa shape index (κ1) is 29.3. The van der Waals surface area contributed by atoms with E-state index >= 15 is 0 Å². The molecule has 3 aromatic rings. The second-order valence-corrected chi connectivity index (χ2v) is 11.0. The number of amides is 3. The molecule has 0 spiro atoms. The SMILES string of the molecule is CC(C)c1ccc(N(C(=O)CCCC(=O)Nc2ccccn2)[C@H](C(=O)NC2CCCC2)c2ccc(Cl)cc2)cc1. The van der Waals surface area contributed by atoms with E-state index < -0.39 is 6.04 Å². The van der Waals surface area contributed by atoms with Crippen LogP contribution in [0.5, 0.6) is 0 Å². The third-order valence-corrected chi connectivity index (χ3v) is 7.48. The average Bonchev–Trinajstić information content (AvgIpc) is 3.46. The summed E-state index contributed by atoms with van der Waals surface area (Å²) < 4.78 is 0. The molecule has 4 rings (SSSR count). The van der Waals surface area contributed by atoms with E-state index in [0.717, 1.165) is 31.2 Å². The zero-order valence-electron chi connectivity index (χ0n) is 23.1. The van der Waals surface area contributed by atoms with Crippen LogP contribution in [-0.2, 0) is 14.4 Å². The van der Waals surface area contributed by atoms with E-state index in [4.69, 9.17) is 11.6 Å². The second-order valence-electron chi connectivity index (χ2n) is 10.6. The minimum absolute atomic E-state index is 0.0952. The molecule has 210 valence electrons. The van der Waals surface area contributed by atoms with Crippen LogP contribution in [0.15, 0.2) is 72.9 Å². The van der Waals surface area contributed by atoms with Gasteiger partial charge < -0.3 is 10.6 Å². The summed E-state index contributed by atoms with van der Waals surface area (Å²) in [5.41, 5.74) is 2.45. The van der Waals surface area contributed by atoms with E-state index in [0.29, 0.717) is 34.4 Å². The van der Waals surface area contributed by atoms with Gasteiger partial charge >= 0.3 is 0 Å². The molecular weight excluding hydrogens is 524 g/mol. The van der Waals surface area contributed by atoms with E-state index in [1.54, 1.807) is 53.6 Å². The summed E-state index contributed by atoms with van der Waals surface area (Å²) in [6.45, 7) is 4.22. The molecule has 2 N–H and O–H groups in total. The second kappa shape index (κ2) is 14.1. The molecule has 0 radical (unpaired) electrons. The number of carbonyl (C=O) groups excluding carboxylic acids is 3. The number of pyridine rings is 1. The Morgan fingerprint density at radius 3 is 2.23 bits per heavy atom. The van der Waals surface area contributed by atoms with E-state index in [2.05, 4.69) is 29.5 Å². The van der Waals surface area contributed by atoms with Crippen LogP contribution in [-0.4, -0.2) is 28.7 Å². The quantitative estimate of drug-likeness (QED) is 0.270. The molecule has 2 aromatic carbocycles. The van der Waals surface area contributed by atoms with Gasteiger partial charge in [0, 0.05) is 35.8 Å². The smallest absolute Gasteiger partial charge is 0.248 e. The maximum absolute atomic E-state index is 13.9. The zero-order valence-corrected chi connectivity index (χ0v) is 23.9. The summed E-state index contributed by atoms with van der Waals surface area (Å²) in [6, 6.07) is 19.3. The summed E-state index contributed by atoms with van der Waals surface area (Å²) in [7, 11) is 0. The number of nitrogens with one attached hydrogen (secondary N) is 2. The largest absolute Gasteiger partial charge is 0.351 e. The lowest BCUT2D eigenvalue weighted by molar-refractivity contribution is -0.127. The summed E-state index contributed by atoms with van der Waals surface area (Å²) in [5.74, 6) is 0.131. The monoisotopic (exact) mass is 560 g/mol. The molecule has 0 unspecified atom stereocenters. The highest BCUT2D eigenvalue weighted by Crippen LogP contribution is 2.32. The zero-order chi connectivity index (χ0) is 28.5. The molecule has 0 aliphatic heterocycles. The van der Waals surface area contributed by atoms with Crippen LogP contribution in [0.2, 0.25) is 5.02 Å². The standard InChI is InChI=1S/C32H37ClN4O3/c1-22(2)23-15-19-27(20-16-23)37(30(39)12-7-11-29(38)36-28-10-5-6-21-34-28)31(24-13-17-25(33)18-14-24)32(40)35-26-8-3-4-9-26/h5-6,10,13-22,26,31H,3-4,7-9,11-12H2,1-2H3,(H,35,40)(H,34,36,38)/t31-/m0/s1. The van der Waals surface area contributed by atoms with Gasteiger partial charge in [0.05, 0.1) is 0 Å². The lowest BCUT2D eigenvalue weighted by Crippen LogP contribution is -2.46. The molecule has 1 fully saturated rings. The highest BCUT2D eigenvalue weighted by Gasteiger charge is 2.34. The van der Waals surface area contributed by atoms with Gasteiger partial charge in [0.1, 0.15) is 11.9 Å². The summed E-state index contributed by atoms with van der Waals surface area (Å²) >= 11 is 6.17. The number of hydrogen-bond acceptors (Lipinski definition) is 4. The number of benzene rings is 2. The molecule has 1 aliphatic carbocycles. The van der Waals surface area contributed by atoms with Crippen molar-refractivity contribution in [2.24, 2.45) is 0 Å². The molecular formula is C32H37ClN4O3. The first-order chi connectivity index (χ1) is 19.3. The van der Waals surface area contributed by atoms with Crippen LogP contribution in [0.3, 0.4) is 0 Å². The van der Waals surface area contributed by atoms with Crippen molar-refractivity contribution in [1.29, 1.82) is 0 Å². The van der Waals surface area contributed by atoms with Crippen molar-refractivity contribution in [3.63, 3.8) is 0 Å². The van der Waals surface area contributed by atoms with Gasteiger partial charge in [0.2, 0.25) is 17.7 Å². The molecule has 7 nitrogen and oxygen atoms in total. The highest BCUT2D eigenvalue weighted by molar-refractivity contribution is 6.30. The topological polar surface area (TPSA) is 91.4 Å². The highest BCUT2D eigenvalue weighted by atomic mass is 35.5. The van der Waals surface area contributed by atoms with Gasteiger partial charge in [-0.2, -0.15) is 0 Å². The molecule has 1 atom stereocenters. The van der Waals surface area contributed by atoms with Crippen LogP contribution in [0.25, 0.3) is 0 Å².